The van der Waals surface area contributed by atoms with Crippen molar-refractivity contribution in [1.82, 2.24) is 0 Å². The van der Waals surface area contributed by atoms with Gasteiger partial charge in [0.1, 0.15) is 5.75 Å². The van der Waals surface area contributed by atoms with Gasteiger partial charge in [-0.25, -0.2) is 0 Å². The van der Waals surface area contributed by atoms with Crippen molar-refractivity contribution in [1.29, 1.82) is 0 Å². The minimum Gasteiger partial charge on any atom is -0.497 e. The number of fused-ring (bicyclic) bond motifs is 3. The summed E-state index contributed by atoms with van der Waals surface area (Å²) < 4.78 is 5.18. The number of aliphatic hydroxyl groups is 1. The van der Waals surface area contributed by atoms with Crippen LogP contribution in [0.3, 0.4) is 0 Å². The summed E-state index contributed by atoms with van der Waals surface area (Å²) in [5.74, 6) is 0.727. The van der Waals surface area contributed by atoms with E-state index >= 15 is 0 Å². The molecule has 1 aliphatic heterocycles. The molecule has 0 radical (unpaired) electrons. The van der Waals surface area contributed by atoms with E-state index in [2.05, 4.69) is 6.07 Å². The Morgan fingerprint density at radius 2 is 1.88 bits per heavy atom. The third-order valence-electron chi connectivity index (χ3n) is 4.40. The molecule has 2 aliphatic rings. The highest BCUT2D eigenvalue weighted by atomic mass is 32.2. The highest BCUT2D eigenvalue weighted by molar-refractivity contribution is 8.14. The number of ether oxygens (including phenoxy) is 1. The molecule has 0 amide bonds. The lowest BCUT2D eigenvalue weighted by atomic mass is 9.92. The number of methoxy groups -OCH3 is 1. The number of aliphatic hydroxyl groups excluding tert-OH is 1. The molecule has 5 heteroatoms. The smallest absolute Gasteiger partial charge is 0.239 e. The molecule has 1 heterocycles. The number of hydrogen-bond acceptors (Lipinski definition) is 5. The fourth-order valence-corrected chi connectivity index (χ4v) is 4.05. The number of rotatable bonds is 2. The molecule has 1 N–H and O–H groups in total. The molecule has 0 saturated carbocycles. The van der Waals surface area contributed by atoms with Gasteiger partial charge >= 0.3 is 0 Å². The average Bonchev–Trinajstić information content (AvgIpc) is 2.79. The van der Waals surface area contributed by atoms with Crippen molar-refractivity contribution >= 4 is 34.2 Å². The van der Waals surface area contributed by atoms with Crippen LogP contribution in [0.1, 0.15) is 11.1 Å². The van der Waals surface area contributed by atoms with Crippen LogP contribution in [-0.2, 0) is 4.79 Å². The quantitative estimate of drug-likeness (QED) is 0.897. The Balaban J connectivity index is 1.82. The summed E-state index contributed by atoms with van der Waals surface area (Å²) in [6, 6.07) is 15.4. The molecule has 0 fully saturated rings. The van der Waals surface area contributed by atoms with Crippen molar-refractivity contribution in [2.45, 2.75) is 11.5 Å². The second-order valence-electron chi connectivity index (χ2n) is 5.87. The van der Waals surface area contributed by atoms with Gasteiger partial charge in [0.05, 0.1) is 12.4 Å². The Hall–Kier alpha value is -2.50. The molecule has 0 bridgehead atoms. The first-order valence-corrected chi connectivity index (χ1v) is 8.85. The van der Waals surface area contributed by atoms with Crippen LogP contribution in [0.15, 0.2) is 60.8 Å². The molecule has 2 unspecified atom stereocenters. The Bertz CT molecular complexity index is 873. The van der Waals surface area contributed by atoms with E-state index in [9.17, 15) is 9.90 Å². The normalized spacial score (nSPS) is 21.9. The molecule has 25 heavy (non-hydrogen) atoms. The summed E-state index contributed by atoms with van der Waals surface area (Å²) in [5, 5.41) is 10.2. The standard InChI is InChI=1S/C20H17NO3S/c1-24-15-9-7-14(8-10-15)21-12-17-16-5-3-2-4-13(16)6-11-18(17)25-20(23)19(21)22/h2-12,18-19,22H,1H3. The first kappa shape index (κ1) is 16.0. The number of carbonyl (C=O) groups is 1. The third kappa shape index (κ3) is 2.86. The van der Waals surface area contributed by atoms with Gasteiger partial charge in [0.15, 0.2) is 0 Å². The van der Waals surface area contributed by atoms with Crippen molar-refractivity contribution in [2.75, 3.05) is 12.0 Å². The van der Waals surface area contributed by atoms with Crippen LogP contribution < -0.4 is 9.64 Å². The SMILES string of the molecule is COc1ccc(N2C=C3c4ccccc4C=CC3SC(=O)C2O)cc1. The largest absolute Gasteiger partial charge is 0.497 e. The minimum atomic E-state index is -1.22. The maximum atomic E-state index is 12.5. The molecule has 2 aromatic carbocycles. The van der Waals surface area contributed by atoms with Gasteiger partial charge in [-0.2, -0.15) is 0 Å². The number of hydrogen-bond donors (Lipinski definition) is 1. The Morgan fingerprint density at radius 3 is 2.64 bits per heavy atom. The van der Waals surface area contributed by atoms with Gasteiger partial charge in [0, 0.05) is 11.9 Å². The van der Waals surface area contributed by atoms with Crippen molar-refractivity contribution < 1.29 is 14.6 Å². The van der Waals surface area contributed by atoms with Gasteiger partial charge < -0.3 is 14.7 Å². The molecule has 1 aliphatic carbocycles. The maximum Gasteiger partial charge on any atom is 0.239 e. The number of benzene rings is 2. The van der Waals surface area contributed by atoms with Gasteiger partial charge in [0.2, 0.25) is 11.3 Å². The highest BCUT2D eigenvalue weighted by Crippen LogP contribution is 2.40. The Labute approximate surface area is 150 Å². The van der Waals surface area contributed by atoms with Crippen molar-refractivity contribution in [3.05, 3.63) is 71.9 Å². The van der Waals surface area contributed by atoms with Gasteiger partial charge in [0.25, 0.3) is 0 Å². The summed E-state index contributed by atoms with van der Waals surface area (Å²) in [7, 11) is 1.60. The third-order valence-corrected chi connectivity index (χ3v) is 5.50. The topological polar surface area (TPSA) is 49.8 Å². The average molecular weight is 351 g/mol. The summed E-state index contributed by atoms with van der Waals surface area (Å²) in [4.78, 5) is 14.1. The van der Waals surface area contributed by atoms with E-state index in [1.807, 2.05) is 60.8 Å². The molecule has 0 saturated heterocycles. The predicted octanol–water partition coefficient (Wildman–Crippen LogP) is 3.53. The zero-order valence-corrected chi connectivity index (χ0v) is 14.4. The van der Waals surface area contributed by atoms with Crippen LogP contribution >= 0.6 is 11.8 Å². The maximum absolute atomic E-state index is 12.5. The lowest BCUT2D eigenvalue weighted by Gasteiger charge is -2.25. The zero-order valence-electron chi connectivity index (χ0n) is 13.6. The van der Waals surface area contributed by atoms with Crippen LogP contribution in [-0.4, -0.2) is 28.8 Å². The van der Waals surface area contributed by atoms with E-state index in [1.165, 1.54) is 0 Å². The second-order valence-corrected chi connectivity index (χ2v) is 7.01. The van der Waals surface area contributed by atoms with Crippen molar-refractivity contribution in [2.24, 2.45) is 0 Å². The van der Waals surface area contributed by atoms with E-state index in [1.54, 1.807) is 12.0 Å². The van der Waals surface area contributed by atoms with Crippen molar-refractivity contribution in [3.63, 3.8) is 0 Å². The number of carbonyl (C=O) groups excluding carboxylic acids is 1. The molecule has 2 aromatic rings. The van der Waals surface area contributed by atoms with E-state index in [4.69, 9.17) is 4.74 Å². The van der Waals surface area contributed by atoms with Gasteiger partial charge in [-0.05, 0) is 41.0 Å². The lowest BCUT2D eigenvalue weighted by molar-refractivity contribution is -0.117. The van der Waals surface area contributed by atoms with Crippen molar-refractivity contribution in [3.8, 4) is 5.75 Å². The molecular weight excluding hydrogens is 334 g/mol. The van der Waals surface area contributed by atoms with Crippen LogP contribution in [0.4, 0.5) is 5.69 Å². The summed E-state index contributed by atoms with van der Waals surface area (Å²) >= 11 is 1.16. The molecular formula is C20H17NO3S. The molecule has 0 aromatic heterocycles. The van der Waals surface area contributed by atoms with Crippen LogP contribution in [0.2, 0.25) is 0 Å². The highest BCUT2D eigenvalue weighted by Gasteiger charge is 2.33. The molecule has 0 spiro atoms. The van der Waals surface area contributed by atoms with Crippen LogP contribution in [0.25, 0.3) is 11.6 Å². The summed E-state index contributed by atoms with van der Waals surface area (Å²) in [5.41, 5.74) is 3.96. The number of anilines is 1. The molecule has 2 atom stereocenters. The monoisotopic (exact) mass is 351 g/mol. The Kier molecular flexibility index (Phi) is 4.11. The summed E-state index contributed by atoms with van der Waals surface area (Å²) in [6.45, 7) is 0. The van der Waals surface area contributed by atoms with Crippen LogP contribution in [0, 0.1) is 0 Å². The number of thioether (sulfide) groups is 1. The summed E-state index contributed by atoms with van der Waals surface area (Å²) in [6.07, 6.45) is 4.71. The number of nitrogens with zero attached hydrogens (tertiary/aromatic N) is 1. The van der Waals surface area contributed by atoms with E-state index < -0.39 is 6.23 Å². The molecule has 126 valence electrons. The fraction of sp³-hybridized carbons (Fsp3) is 0.150. The first-order valence-electron chi connectivity index (χ1n) is 7.97. The van der Waals surface area contributed by atoms with E-state index in [0.29, 0.717) is 0 Å². The second kappa shape index (κ2) is 6.43. The van der Waals surface area contributed by atoms with E-state index in [-0.39, 0.29) is 10.4 Å². The van der Waals surface area contributed by atoms with Gasteiger partial charge in [-0.15, -0.1) is 0 Å². The predicted molar refractivity (Wildman–Crippen MR) is 101 cm³/mol. The first-order chi connectivity index (χ1) is 12.2. The fourth-order valence-electron chi connectivity index (χ4n) is 3.09. The van der Waals surface area contributed by atoms with Gasteiger partial charge in [-0.1, -0.05) is 48.2 Å². The molecule has 4 nitrogen and oxygen atoms in total. The van der Waals surface area contributed by atoms with Gasteiger partial charge in [-0.3, -0.25) is 4.79 Å². The lowest BCUT2D eigenvalue weighted by Crippen LogP contribution is -2.35. The minimum absolute atomic E-state index is 0.0969. The zero-order chi connectivity index (χ0) is 17.4. The van der Waals surface area contributed by atoms with Crippen LogP contribution in [0.5, 0.6) is 5.75 Å². The molecule has 4 rings (SSSR count). The van der Waals surface area contributed by atoms with E-state index in [0.717, 1.165) is 39.9 Å². The Morgan fingerprint density at radius 1 is 1.12 bits per heavy atom.